The fourth-order valence-corrected chi connectivity index (χ4v) is 3.43. The number of aryl methyl sites for hydroxylation is 2. The third-order valence-electron chi connectivity index (χ3n) is 2.98. The molecule has 108 valence electrons. The summed E-state index contributed by atoms with van der Waals surface area (Å²) in [5.41, 5.74) is 6.63. The van der Waals surface area contributed by atoms with E-state index in [1.165, 1.54) is 11.3 Å². The third kappa shape index (κ3) is 3.50. The van der Waals surface area contributed by atoms with Crippen molar-refractivity contribution in [3.05, 3.63) is 22.8 Å². The molecule has 3 heterocycles. The Bertz CT molecular complexity index is 551. The number of rotatable bonds is 5. The molecule has 2 aromatic rings. The summed E-state index contributed by atoms with van der Waals surface area (Å²) in [5.74, 6) is 3.28. The van der Waals surface area contributed by atoms with E-state index in [2.05, 4.69) is 15.1 Å². The molecule has 0 saturated carbocycles. The molecule has 1 unspecified atom stereocenters. The molecule has 0 aliphatic carbocycles. The largest absolute Gasteiger partial charge is 0.375 e. The molecule has 0 aromatic carbocycles. The van der Waals surface area contributed by atoms with Crippen molar-refractivity contribution in [2.45, 2.75) is 25.4 Å². The second kappa shape index (κ2) is 6.55. The minimum absolute atomic E-state index is 0.0235. The molecule has 0 spiro atoms. The Labute approximate surface area is 125 Å². The van der Waals surface area contributed by atoms with Crippen LogP contribution in [0.5, 0.6) is 0 Å². The molecule has 1 atom stereocenters. The van der Waals surface area contributed by atoms with Crippen LogP contribution >= 0.6 is 23.1 Å². The van der Waals surface area contributed by atoms with Crippen LogP contribution < -0.4 is 5.73 Å². The van der Waals surface area contributed by atoms with Gasteiger partial charge in [0, 0.05) is 23.3 Å². The summed E-state index contributed by atoms with van der Waals surface area (Å²) in [6, 6.07) is 0. The van der Waals surface area contributed by atoms with Crippen LogP contribution in [-0.2, 0) is 17.6 Å². The number of nitrogens with two attached hydrogens (primary N) is 1. The minimum atomic E-state index is -0.0235. The van der Waals surface area contributed by atoms with Crippen LogP contribution in [0.25, 0.3) is 0 Å². The number of anilines is 1. The van der Waals surface area contributed by atoms with Crippen LogP contribution in [0.3, 0.4) is 0 Å². The third-order valence-corrected chi connectivity index (χ3v) is 4.70. The molecule has 3 rings (SSSR count). The van der Waals surface area contributed by atoms with E-state index in [9.17, 15) is 0 Å². The summed E-state index contributed by atoms with van der Waals surface area (Å²) in [4.78, 5) is 8.64. The van der Waals surface area contributed by atoms with Gasteiger partial charge in [0.15, 0.2) is 5.13 Å². The molecular formula is C12H16N4O2S2. The van der Waals surface area contributed by atoms with E-state index in [0.717, 1.165) is 43.1 Å². The summed E-state index contributed by atoms with van der Waals surface area (Å²) < 4.78 is 10.9. The average molecular weight is 312 g/mol. The minimum Gasteiger partial charge on any atom is -0.375 e. The predicted octanol–water partition coefficient (Wildman–Crippen LogP) is 2.09. The highest BCUT2D eigenvalue weighted by Gasteiger charge is 2.21. The van der Waals surface area contributed by atoms with E-state index in [4.69, 9.17) is 15.0 Å². The van der Waals surface area contributed by atoms with Crippen LogP contribution in [0.15, 0.2) is 9.90 Å². The summed E-state index contributed by atoms with van der Waals surface area (Å²) in [6.45, 7) is 0.754. The van der Waals surface area contributed by atoms with Gasteiger partial charge in [0.05, 0.1) is 12.3 Å². The fourth-order valence-electron chi connectivity index (χ4n) is 2.00. The van der Waals surface area contributed by atoms with Gasteiger partial charge >= 0.3 is 0 Å². The van der Waals surface area contributed by atoms with Crippen molar-refractivity contribution in [1.82, 2.24) is 15.1 Å². The molecule has 20 heavy (non-hydrogen) atoms. The van der Waals surface area contributed by atoms with Gasteiger partial charge in [0.25, 0.3) is 0 Å². The summed E-state index contributed by atoms with van der Waals surface area (Å²) in [5, 5.41) is 6.62. The van der Waals surface area contributed by atoms with Gasteiger partial charge in [-0.2, -0.15) is 16.7 Å². The normalized spacial score (nSPS) is 19.3. The fraction of sp³-hybridized carbons (Fsp3) is 0.583. The van der Waals surface area contributed by atoms with Crippen molar-refractivity contribution < 1.29 is 9.26 Å². The lowest BCUT2D eigenvalue weighted by molar-refractivity contribution is 0.0677. The van der Waals surface area contributed by atoms with Gasteiger partial charge in [0.1, 0.15) is 6.10 Å². The smallest absolute Gasteiger partial charge is 0.226 e. The lowest BCUT2D eigenvalue weighted by Crippen LogP contribution is -2.16. The summed E-state index contributed by atoms with van der Waals surface area (Å²) >= 11 is 3.33. The van der Waals surface area contributed by atoms with E-state index in [-0.39, 0.29) is 6.10 Å². The second-order valence-electron chi connectivity index (χ2n) is 4.51. The zero-order valence-electron chi connectivity index (χ0n) is 10.9. The molecule has 0 bridgehead atoms. The molecule has 2 aromatic heterocycles. The van der Waals surface area contributed by atoms with Crippen molar-refractivity contribution in [2.24, 2.45) is 0 Å². The SMILES string of the molecule is Nc1nc(CCCc2nc(C3CSCCO3)no2)cs1. The molecule has 1 saturated heterocycles. The molecule has 1 fully saturated rings. The lowest BCUT2D eigenvalue weighted by Gasteiger charge is -2.18. The molecule has 6 nitrogen and oxygen atoms in total. The first-order valence-corrected chi connectivity index (χ1v) is 8.56. The monoisotopic (exact) mass is 312 g/mol. The quantitative estimate of drug-likeness (QED) is 0.904. The highest BCUT2D eigenvalue weighted by Crippen LogP contribution is 2.24. The zero-order chi connectivity index (χ0) is 13.8. The van der Waals surface area contributed by atoms with Crippen molar-refractivity contribution in [1.29, 1.82) is 0 Å². The van der Waals surface area contributed by atoms with Crippen LogP contribution in [0.4, 0.5) is 5.13 Å². The Morgan fingerprint density at radius 3 is 3.05 bits per heavy atom. The number of nitrogens with zero attached hydrogens (tertiary/aromatic N) is 3. The molecule has 8 heteroatoms. The first kappa shape index (κ1) is 13.8. The summed E-state index contributed by atoms with van der Waals surface area (Å²) in [7, 11) is 0. The maximum Gasteiger partial charge on any atom is 0.226 e. The average Bonchev–Trinajstić information content (AvgIpc) is 3.09. The number of hydrogen-bond donors (Lipinski definition) is 1. The van der Waals surface area contributed by atoms with Crippen LogP contribution in [-0.4, -0.2) is 33.2 Å². The molecular weight excluding hydrogens is 296 g/mol. The standard InChI is InChI=1S/C12H16N4O2S2/c13-12-14-8(6-20-12)2-1-3-10-15-11(16-18-10)9-7-19-5-4-17-9/h6,9H,1-5,7H2,(H2,13,14). The Kier molecular flexibility index (Phi) is 4.54. The van der Waals surface area contributed by atoms with Gasteiger partial charge in [-0.1, -0.05) is 5.16 Å². The van der Waals surface area contributed by atoms with E-state index < -0.39 is 0 Å². The van der Waals surface area contributed by atoms with Crippen molar-refractivity contribution in [3.63, 3.8) is 0 Å². The number of thioether (sulfide) groups is 1. The Morgan fingerprint density at radius 2 is 2.30 bits per heavy atom. The molecule has 1 aliphatic rings. The van der Waals surface area contributed by atoms with Crippen LogP contribution in [0.2, 0.25) is 0 Å². The van der Waals surface area contributed by atoms with E-state index in [0.29, 0.717) is 16.8 Å². The number of hydrogen-bond acceptors (Lipinski definition) is 8. The van der Waals surface area contributed by atoms with Crippen LogP contribution in [0, 0.1) is 0 Å². The zero-order valence-corrected chi connectivity index (χ0v) is 12.6. The maximum absolute atomic E-state index is 5.63. The van der Waals surface area contributed by atoms with Gasteiger partial charge in [-0.25, -0.2) is 4.98 Å². The first-order valence-electron chi connectivity index (χ1n) is 6.53. The van der Waals surface area contributed by atoms with Gasteiger partial charge in [-0.05, 0) is 12.8 Å². The predicted molar refractivity (Wildman–Crippen MR) is 78.9 cm³/mol. The van der Waals surface area contributed by atoms with Crippen molar-refractivity contribution >= 4 is 28.2 Å². The highest BCUT2D eigenvalue weighted by molar-refractivity contribution is 7.99. The van der Waals surface area contributed by atoms with E-state index >= 15 is 0 Å². The van der Waals surface area contributed by atoms with Gasteiger partial charge < -0.3 is 15.0 Å². The van der Waals surface area contributed by atoms with Gasteiger partial charge in [-0.15, -0.1) is 11.3 Å². The summed E-state index contributed by atoms with van der Waals surface area (Å²) in [6.07, 6.45) is 2.53. The number of thiazole rings is 1. The molecule has 2 N–H and O–H groups in total. The van der Waals surface area contributed by atoms with Gasteiger partial charge in [-0.3, -0.25) is 0 Å². The Balaban J connectivity index is 1.49. The van der Waals surface area contributed by atoms with E-state index in [1.807, 2.05) is 17.1 Å². The topological polar surface area (TPSA) is 87.1 Å². The first-order chi connectivity index (χ1) is 9.81. The van der Waals surface area contributed by atoms with Gasteiger partial charge in [0.2, 0.25) is 11.7 Å². The second-order valence-corrected chi connectivity index (χ2v) is 6.55. The molecule has 0 amide bonds. The van der Waals surface area contributed by atoms with E-state index in [1.54, 1.807) is 0 Å². The van der Waals surface area contributed by atoms with Crippen molar-refractivity contribution in [2.75, 3.05) is 23.8 Å². The Hall–Kier alpha value is -1.12. The number of ether oxygens (including phenoxy) is 1. The maximum atomic E-state index is 5.63. The molecule has 1 aliphatic heterocycles. The Morgan fingerprint density at radius 1 is 1.35 bits per heavy atom. The lowest BCUT2D eigenvalue weighted by atomic mass is 10.2. The van der Waals surface area contributed by atoms with Crippen molar-refractivity contribution in [3.8, 4) is 0 Å². The number of nitrogen functional groups attached to an aromatic ring is 1. The number of aromatic nitrogens is 3. The van der Waals surface area contributed by atoms with Crippen LogP contribution in [0.1, 0.15) is 29.9 Å². The highest BCUT2D eigenvalue weighted by atomic mass is 32.2. The molecule has 0 radical (unpaired) electrons.